The van der Waals surface area contributed by atoms with E-state index in [2.05, 4.69) is 30.5 Å². The predicted octanol–water partition coefficient (Wildman–Crippen LogP) is 6.39. The van der Waals surface area contributed by atoms with Gasteiger partial charge in [-0.2, -0.15) is 13.2 Å². The maximum Gasteiger partial charge on any atom is 0.418 e. The average Bonchev–Trinajstić information content (AvgIpc) is 2.99. The Kier molecular flexibility index (Phi) is 8.39. The third-order valence-corrected chi connectivity index (χ3v) is 7.53. The van der Waals surface area contributed by atoms with Crippen LogP contribution in [0.3, 0.4) is 0 Å². The SMILES string of the molecule is Cc1ccc(NC(=O)c2ccc(N(C)C3CCN(C)CC3)c(C(F)(F)F)c2)cc1Nc1nccc(-c2cccnc2)n1. The Morgan fingerprint density at radius 2 is 1.83 bits per heavy atom. The lowest BCUT2D eigenvalue weighted by atomic mass is 10.0. The molecule has 218 valence electrons. The number of nitrogens with zero attached hydrogens (tertiary/aromatic N) is 5. The summed E-state index contributed by atoms with van der Waals surface area (Å²) in [5.41, 5.74) is 2.61. The number of aromatic nitrogens is 3. The van der Waals surface area contributed by atoms with Crippen molar-refractivity contribution in [1.82, 2.24) is 19.9 Å². The quantitative estimate of drug-likeness (QED) is 0.264. The third kappa shape index (κ3) is 6.68. The topological polar surface area (TPSA) is 86.3 Å². The number of alkyl halides is 3. The number of pyridine rings is 1. The minimum absolute atomic E-state index is 0.00510. The van der Waals surface area contributed by atoms with Gasteiger partial charge in [-0.25, -0.2) is 9.97 Å². The monoisotopic (exact) mass is 575 g/mol. The molecule has 0 bridgehead atoms. The summed E-state index contributed by atoms with van der Waals surface area (Å²) in [4.78, 5) is 29.9. The van der Waals surface area contributed by atoms with Crippen LogP contribution in [0.15, 0.2) is 73.2 Å². The van der Waals surface area contributed by atoms with E-state index in [1.165, 1.54) is 12.1 Å². The highest BCUT2D eigenvalue weighted by atomic mass is 19.4. The van der Waals surface area contributed by atoms with Crippen LogP contribution in [-0.2, 0) is 6.18 Å². The van der Waals surface area contributed by atoms with Gasteiger partial charge in [0.05, 0.1) is 11.3 Å². The van der Waals surface area contributed by atoms with E-state index in [-0.39, 0.29) is 17.3 Å². The number of hydrogen-bond acceptors (Lipinski definition) is 7. The molecule has 1 amide bonds. The van der Waals surface area contributed by atoms with Gasteiger partial charge in [0.25, 0.3) is 5.91 Å². The van der Waals surface area contributed by atoms with Crippen molar-refractivity contribution in [1.29, 1.82) is 0 Å². The van der Waals surface area contributed by atoms with Gasteiger partial charge in [-0.15, -0.1) is 0 Å². The first-order valence-electron chi connectivity index (χ1n) is 13.6. The van der Waals surface area contributed by atoms with Crippen molar-refractivity contribution < 1.29 is 18.0 Å². The number of likely N-dealkylation sites (tertiary alicyclic amines) is 1. The van der Waals surface area contributed by atoms with E-state index in [0.717, 1.165) is 43.1 Å². The summed E-state index contributed by atoms with van der Waals surface area (Å²) in [5.74, 6) is -0.291. The van der Waals surface area contributed by atoms with Crippen molar-refractivity contribution >= 4 is 28.9 Å². The number of anilines is 4. The van der Waals surface area contributed by atoms with Crippen LogP contribution in [0.2, 0.25) is 0 Å². The lowest BCUT2D eigenvalue weighted by Crippen LogP contribution is -2.42. The van der Waals surface area contributed by atoms with Crippen molar-refractivity contribution in [2.75, 3.05) is 42.7 Å². The molecule has 1 saturated heterocycles. The summed E-state index contributed by atoms with van der Waals surface area (Å²) in [5, 5.41) is 5.90. The molecule has 4 aromatic rings. The van der Waals surface area contributed by atoms with Gasteiger partial charge in [0.1, 0.15) is 0 Å². The second kappa shape index (κ2) is 12.2. The maximum atomic E-state index is 14.2. The number of rotatable bonds is 7. The normalized spacial score (nSPS) is 14.4. The van der Waals surface area contributed by atoms with Gasteiger partial charge in [-0.3, -0.25) is 9.78 Å². The van der Waals surface area contributed by atoms with Crippen molar-refractivity contribution in [3.63, 3.8) is 0 Å². The molecule has 0 spiro atoms. The highest BCUT2D eigenvalue weighted by Gasteiger charge is 2.36. The van der Waals surface area contributed by atoms with Crippen LogP contribution in [0.4, 0.5) is 36.2 Å². The summed E-state index contributed by atoms with van der Waals surface area (Å²) in [6.07, 6.45) is 1.95. The van der Waals surface area contributed by atoms with E-state index in [4.69, 9.17) is 0 Å². The fourth-order valence-corrected chi connectivity index (χ4v) is 5.04. The standard InChI is InChI=1S/C31H32F3N7O/c1-20-6-8-23(18-27(20)39-30-36-14-10-26(38-30)22-5-4-13-35-19-22)37-29(42)21-7-9-28(25(17-21)31(32,33)34)41(3)24-11-15-40(2)16-12-24/h4-10,13-14,17-19,24H,11-12,15-16H2,1-3H3,(H,37,42)(H,36,38,39). The van der Waals surface area contributed by atoms with Crippen LogP contribution in [0.1, 0.15) is 34.3 Å². The summed E-state index contributed by atoms with van der Waals surface area (Å²) < 4.78 is 42.5. The van der Waals surface area contributed by atoms with E-state index >= 15 is 0 Å². The van der Waals surface area contributed by atoms with Crippen LogP contribution < -0.4 is 15.5 Å². The number of hydrogen-bond donors (Lipinski definition) is 2. The molecule has 1 aliphatic heterocycles. The Labute approximate surface area is 242 Å². The van der Waals surface area contributed by atoms with E-state index in [0.29, 0.717) is 23.0 Å². The van der Waals surface area contributed by atoms with Crippen LogP contribution >= 0.6 is 0 Å². The highest BCUT2D eigenvalue weighted by molar-refractivity contribution is 6.05. The Morgan fingerprint density at radius 1 is 1.05 bits per heavy atom. The summed E-state index contributed by atoms with van der Waals surface area (Å²) in [6.45, 7) is 3.53. The van der Waals surface area contributed by atoms with Gasteiger partial charge in [-0.1, -0.05) is 6.07 Å². The zero-order valence-electron chi connectivity index (χ0n) is 23.6. The number of halogens is 3. The van der Waals surface area contributed by atoms with Gasteiger partial charge >= 0.3 is 6.18 Å². The third-order valence-electron chi connectivity index (χ3n) is 7.53. The molecule has 42 heavy (non-hydrogen) atoms. The zero-order chi connectivity index (χ0) is 29.9. The van der Waals surface area contributed by atoms with Gasteiger partial charge < -0.3 is 20.4 Å². The van der Waals surface area contributed by atoms with Crippen LogP contribution in [-0.4, -0.2) is 59.0 Å². The van der Waals surface area contributed by atoms with Crippen molar-refractivity contribution in [3.8, 4) is 11.3 Å². The molecular formula is C31H32F3N7O. The van der Waals surface area contributed by atoms with Crippen molar-refractivity contribution in [2.24, 2.45) is 0 Å². The molecule has 2 aromatic carbocycles. The van der Waals surface area contributed by atoms with Crippen LogP contribution in [0, 0.1) is 6.92 Å². The molecular weight excluding hydrogens is 543 g/mol. The molecule has 1 aliphatic rings. The minimum Gasteiger partial charge on any atom is -0.371 e. The molecule has 0 saturated carbocycles. The zero-order valence-corrected chi connectivity index (χ0v) is 23.6. The fraction of sp³-hybridized carbons (Fsp3) is 0.290. The predicted molar refractivity (Wildman–Crippen MR) is 158 cm³/mol. The summed E-state index contributed by atoms with van der Waals surface area (Å²) >= 11 is 0. The lowest BCUT2D eigenvalue weighted by molar-refractivity contribution is -0.137. The molecule has 0 aliphatic carbocycles. The molecule has 0 unspecified atom stereocenters. The number of benzene rings is 2. The molecule has 11 heteroatoms. The van der Waals surface area contributed by atoms with E-state index < -0.39 is 17.6 Å². The molecule has 3 heterocycles. The molecule has 2 N–H and O–H groups in total. The smallest absolute Gasteiger partial charge is 0.371 e. The minimum atomic E-state index is -4.61. The van der Waals surface area contributed by atoms with Crippen molar-refractivity contribution in [3.05, 3.63) is 89.9 Å². The first-order valence-corrected chi connectivity index (χ1v) is 13.6. The van der Waals surface area contributed by atoms with E-state index in [1.807, 2.05) is 26.1 Å². The molecule has 1 fully saturated rings. The summed E-state index contributed by atoms with van der Waals surface area (Å²) in [6, 6.07) is 14.4. The largest absolute Gasteiger partial charge is 0.418 e. The average molecular weight is 576 g/mol. The van der Waals surface area contributed by atoms with Gasteiger partial charge in [0, 0.05) is 59.9 Å². The second-order valence-electron chi connectivity index (χ2n) is 10.5. The van der Waals surface area contributed by atoms with E-state index in [1.54, 1.807) is 54.8 Å². The highest BCUT2D eigenvalue weighted by Crippen LogP contribution is 2.38. The molecule has 0 atom stereocenters. The Bertz CT molecular complexity index is 1550. The first-order chi connectivity index (χ1) is 20.1. The number of carbonyl (C=O) groups is 1. The molecule has 8 nitrogen and oxygen atoms in total. The Hall–Kier alpha value is -4.51. The Balaban J connectivity index is 1.34. The molecule has 5 rings (SSSR count). The molecule has 0 radical (unpaired) electrons. The number of nitrogens with one attached hydrogen (secondary N) is 2. The number of piperidine rings is 1. The van der Waals surface area contributed by atoms with Gasteiger partial charge in [-0.05, 0) is 94.0 Å². The fourth-order valence-electron chi connectivity index (χ4n) is 5.04. The van der Waals surface area contributed by atoms with Crippen LogP contribution in [0.5, 0.6) is 0 Å². The van der Waals surface area contributed by atoms with Crippen LogP contribution in [0.25, 0.3) is 11.3 Å². The number of carbonyl (C=O) groups excluding carboxylic acids is 1. The van der Waals surface area contributed by atoms with Gasteiger partial charge in [0.2, 0.25) is 5.95 Å². The lowest BCUT2D eigenvalue weighted by Gasteiger charge is -2.37. The summed E-state index contributed by atoms with van der Waals surface area (Å²) in [7, 11) is 3.70. The second-order valence-corrected chi connectivity index (χ2v) is 10.5. The number of aryl methyl sites for hydroxylation is 1. The van der Waals surface area contributed by atoms with Crippen molar-refractivity contribution in [2.45, 2.75) is 32.0 Å². The molecule has 2 aromatic heterocycles. The van der Waals surface area contributed by atoms with E-state index in [9.17, 15) is 18.0 Å². The Morgan fingerprint density at radius 3 is 2.55 bits per heavy atom. The first kappa shape index (κ1) is 29.0. The maximum absolute atomic E-state index is 14.2. The van der Waals surface area contributed by atoms with Gasteiger partial charge in [0.15, 0.2) is 0 Å². The number of amides is 1.